The molecular formula is C19H15ClF7N5O3. The summed E-state index contributed by atoms with van der Waals surface area (Å²) in [5.74, 6) is -2.51. The number of hydrogen-bond acceptors (Lipinski definition) is 7. The highest BCUT2D eigenvalue weighted by Crippen LogP contribution is 2.42. The lowest BCUT2D eigenvalue weighted by atomic mass is 9.85. The van der Waals surface area contributed by atoms with Crippen LogP contribution < -0.4 is 15.8 Å². The molecule has 8 nitrogen and oxygen atoms in total. The Balaban J connectivity index is 1.84. The van der Waals surface area contributed by atoms with E-state index in [-0.39, 0.29) is 11.4 Å². The minimum Gasteiger partial charge on any atom is -0.467 e. The number of carbonyl (C=O) groups is 1. The molecule has 190 valence electrons. The minimum absolute atomic E-state index is 0.138. The second-order valence-electron chi connectivity index (χ2n) is 7.49. The van der Waals surface area contributed by atoms with Crippen molar-refractivity contribution in [2.75, 3.05) is 11.9 Å². The summed E-state index contributed by atoms with van der Waals surface area (Å²) in [5.41, 5.74) is 2.64. The number of benzene rings is 1. The number of aromatic nitrogens is 2. The third-order valence-corrected chi connectivity index (χ3v) is 4.95. The van der Waals surface area contributed by atoms with Crippen LogP contribution in [-0.4, -0.2) is 47.0 Å². The fraction of sp³-hybridized carbons (Fsp3) is 0.368. The van der Waals surface area contributed by atoms with Gasteiger partial charge in [-0.25, -0.2) is 19.4 Å². The number of aliphatic imine (C=N–C) groups is 1. The highest BCUT2D eigenvalue weighted by molar-refractivity contribution is 6.31. The minimum atomic E-state index is -4.82. The van der Waals surface area contributed by atoms with Gasteiger partial charge in [0.1, 0.15) is 11.5 Å². The number of halogens is 8. The molecule has 0 bridgehead atoms. The summed E-state index contributed by atoms with van der Waals surface area (Å²) >= 11 is 5.89. The van der Waals surface area contributed by atoms with Gasteiger partial charge in [-0.15, -0.1) is 0 Å². The fourth-order valence-electron chi connectivity index (χ4n) is 3.13. The quantitative estimate of drug-likeness (QED) is 0.557. The third kappa shape index (κ3) is 6.41. The molecule has 2 unspecified atom stereocenters. The number of rotatable bonds is 5. The second-order valence-corrected chi connectivity index (χ2v) is 7.90. The number of ether oxygens (including phenoxy) is 2. The first kappa shape index (κ1) is 26.2. The molecule has 0 saturated carbocycles. The Morgan fingerprint density at radius 2 is 1.94 bits per heavy atom. The summed E-state index contributed by atoms with van der Waals surface area (Å²) in [4.78, 5) is 23.4. The Labute approximate surface area is 197 Å². The molecule has 0 saturated heterocycles. The maximum absolute atomic E-state index is 14.8. The first-order valence-electron chi connectivity index (χ1n) is 9.48. The van der Waals surface area contributed by atoms with E-state index in [9.17, 15) is 35.5 Å². The van der Waals surface area contributed by atoms with Crippen LogP contribution in [0.4, 0.5) is 36.4 Å². The van der Waals surface area contributed by atoms with Crippen molar-refractivity contribution in [3.63, 3.8) is 0 Å². The first-order valence-corrected chi connectivity index (χ1v) is 9.86. The smallest absolute Gasteiger partial charge is 0.425 e. The molecule has 3 N–H and O–H groups in total. The van der Waals surface area contributed by atoms with Crippen LogP contribution in [0.1, 0.15) is 29.4 Å². The average Bonchev–Trinajstić information content (AvgIpc) is 2.73. The zero-order valence-electron chi connectivity index (χ0n) is 17.5. The maximum Gasteiger partial charge on any atom is 0.425 e. The zero-order chi connectivity index (χ0) is 26.2. The summed E-state index contributed by atoms with van der Waals surface area (Å²) in [7, 11) is 0. The molecule has 1 aliphatic rings. The van der Waals surface area contributed by atoms with E-state index in [1.807, 2.05) is 0 Å². The number of nitrogens with one attached hydrogen (secondary N) is 1. The Morgan fingerprint density at radius 3 is 2.51 bits per heavy atom. The number of anilines is 1. The van der Waals surface area contributed by atoms with Gasteiger partial charge in [0.15, 0.2) is 12.7 Å². The van der Waals surface area contributed by atoms with Crippen molar-refractivity contribution in [1.29, 1.82) is 0 Å². The van der Waals surface area contributed by atoms with E-state index in [2.05, 4.69) is 29.8 Å². The Hall–Kier alpha value is -3.36. The lowest BCUT2D eigenvalue weighted by molar-refractivity contribution is -0.208. The topological polar surface area (TPSA) is 112 Å². The molecule has 3 rings (SSSR count). The van der Waals surface area contributed by atoms with Crippen LogP contribution in [0.15, 0.2) is 29.5 Å². The van der Waals surface area contributed by atoms with E-state index in [4.69, 9.17) is 17.3 Å². The molecule has 1 aromatic carbocycles. The average molecular weight is 530 g/mol. The normalized spacial score (nSPS) is 20.6. The van der Waals surface area contributed by atoms with E-state index in [1.165, 1.54) is 6.92 Å². The molecule has 0 radical (unpaired) electrons. The highest BCUT2D eigenvalue weighted by Gasteiger charge is 2.50. The molecule has 0 fully saturated rings. The van der Waals surface area contributed by atoms with Gasteiger partial charge in [-0.1, -0.05) is 11.6 Å². The summed E-state index contributed by atoms with van der Waals surface area (Å²) in [6.45, 7) is -0.428. The lowest BCUT2D eigenvalue weighted by Gasteiger charge is -2.36. The summed E-state index contributed by atoms with van der Waals surface area (Å²) in [6.07, 6.45) is -11.0. The largest absolute Gasteiger partial charge is 0.467 e. The SMILES string of the molecule is CC1(c2cc(NC(=O)c3cnc(OCC(F)(F)F)cn3)cc(Cl)c2F)CC(C(F)(F)F)OC(N)=N1. The third-order valence-electron chi connectivity index (χ3n) is 4.68. The van der Waals surface area contributed by atoms with Crippen molar-refractivity contribution in [2.45, 2.75) is 37.3 Å². The Bertz CT molecular complexity index is 1140. The van der Waals surface area contributed by atoms with Crippen molar-refractivity contribution in [2.24, 2.45) is 10.7 Å². The van der Waals surface area contributed by atoms with Crippen molar-refractivity contribution in [3.05, 3.63) is 46.6 Å². The van der Waals surface area contributed by atoms with Gasteiger partial charge in [-0.3, -0.25) is 4.79 Å². The number of amides is 1. The second kappa shape index (κ2) is 9.36. The van der Waals surface area contributed by atoms with Crippen LogP contribution >= 0.6 is 11.6 Å². The van der Waals surface area contributed by atoms with Crippen molar-refractivity contribution in [1.82, 2.24) is 9.97 Å². The van der Waals surface area contributed by atoms with Gasteiger partial charge < -0.3 is 20.5 Å². The number of hydrogen-bond donors (Lipinski definition) is 2. The zero-order valence-corrected chi connectivity index (χ0v) is 18.2. The molecule has 2 atom stereocenters. The predicted molar refractivity (Wildman–Crippen MR) is 107 cm³/mol. The van der Waals surface area contributed by atoms with Gasteiger partial charge in [0.2, 0.25) is 5.88 Å². The van der Waals surface area contributed by atoms with Crippen molar-refractivity contribution < 1.29 is 45.0 Å². The summed E-state index contributed by atoms with van der Waals surface area (Å²) in [6, 6.07) is 1.20. The molecule has 1 amide bonds. The fourth-order valence-corrected chi connectivity index (χ4v) is 3.35. The molecule has 2 heterocycles. The molecule has 0 spiro atoms. The van der Waals surface area contributed by atoms with E-state index >= 15 is 0 Å². The summed E-state index contributed by atoms with van der Waals surface area (Å²) < 4.78 is 100. The number of nitrogens with zero attached hydrogens (tertiary/aromatic N) is 3. The van der Waals surface area contributed by atoms with Gasteiger partial charge in [0.25, 0.3) is 11.9 Å². The van der Waals surface area contributed by atoms with E-state index < -0.39 is 71.2 Å². The van der Waals surface area contributed by atoms with Crippen LogP contribution in [0.25, 0.3) is 0 Å². The number of carbonyl (C=O) groups excluding carboxylic acids is 1. The first-order chi connectivity index (χ1) is 16.1. The van der Waals surface area contributed by atoms with E-state index in [0.29, 0.717) is 0 Å². The van der Waals surface area contributed by atoms with Crippen molar-refractivity contribution in [3.8, 4) is 5.88 Å². The Morgan fingerprint density at radius 1 is 1.26 bits per heavy atom. The van der Waals surface area contributed by atoms with Gasteiger partial charge in [-0.05, 0) is 19.1 Å². The standard InChI is InChI=1S/C19H15ClF7N5O3/c1-17(4-12(19(25,26)27)35-16(28)32-17)9-2-8(3-10(20)14(9)21)31-15(33)11-5-30-13(6-29-11)34-7-18(22,23)24/h2-3,5-6,12H,4,7H2,1H3,(H2,28,32)(H,31,33). The van der Waals surface area contributed by atoms with E-state index in [0.717, 1.165) is 24.5 Å². The Kier molecular flexibility index (Phi) is 7.02. The van der Waals surface area contributed by atoms with Crippen LogP contribution in [0.3, 0.4) is 0 Å². The van der Waals surface area contributed by atoms with Crippen LogP contribution in [0.2, 0.25) is 5.02 Å². The highest BCUT2D eigenvalue weighted by atomic mass is 35.5. The van der Waals surface area contributed by atoms with Crippen molar-refractivity contribution >= 4 is 29.2 Å². The molecule has 16 heteroatoms. The monoisotopic (exact) mass is 529 g/mol. The summed E-state index contributed by atoms with van der Waals surface area (Å²) in [5, 5.41) is 1.77. The van der Waals surface area contributed by atoms with Crippen LogP contribution in [-0.2, 0) is 10.3 Å². The molecule has 35 heavy (non-hydrogen) atoms. The molecule has 1 aromatic heterocycles. The lowest BCUT2D eigenvalue weighted by Crippen LogP contribution is -2.46. The number of alkyl halides is 6. The van der Waals surface area contributed by atoms with Crippen LogP contribution in [0.5, 0.6) is 5.88 Å². The number of amidine groups is 1. The molecule has 2 aromatic rings. The number of nitrogens with two attached hydrogens (primary N) is 1. The molecular weight excluding hydrogens is 515 g/mol. The van der Waals surface area contributed by atoms with Gasteiger partial charge in [-0.2, -0.15) is 26.3 Å². The predicted octanol–water partition coefficient (Wildman–Crippen LogP) is 4.34. The van der Waals surface area contributed by atoms with E-state index in [1.54, 1.807) is 0 Å². The van der Waals surface area contributed by atoms with Gasteiger partial charge in [0.05, 0.1) is 23.0 Å². The van der Waals surface area contributed by atoms with Crippen LogP contribution in [0, 0.1) is 5.82 Å². The molecule has 0 aliphatic carbocycles. The van der Waals surface area contributed by atoms with Gasteiger partial charge in [0, 0.05) is 17.7 Å². The molecule has 1 aliphatic heterocycles. The maximum atomic E-state index is 14.8. The van der Waals surface area contributed by atoms with Gasteiger partial charge >= 0.3 is 12.4 Å².